The Morgan fingerprint density at radius 2 is 2.00 bits per heavy atom. The maximum Gasteiger partial charge on any atom is 0.336 e. The van der Waals surface area contributed by atoms with Crippen LogP contribution in [0.15, 0.2) is 30.3 Å². The summed E-state index contributed by atoms with van der Waals surface area (Å²) in [5.74, 6) is -0.308. The second-order valence-electron chi connectivity index (χ2n) is 3.42. The van der Waals surface area contributed by atoms with Crippen LogP contribution in [0.3, 0.4) is 0 Å². The Kier molecular flexibility index (Phi) is 2.40. The maximum atomic E-state index is 11.0. The molecule has 16 heavy (non-hydrogen) atoms. The van der Waals surface area contributed by atoms with E-state index in [-0.39, 0.29) is 5.56 Å². The van der Waals surface area contributed by atoms with E-state index in [4.69, 9.17) is 15.6 Å². The van der Waals surface area contributed by atoms with Crippen molar-refractivity contribution in [2.24, 2.45) is 0 Å². The van der Waals surface area contributed by atoms with Crippen molar-refractivity contribution in [1.82, 2.24) is 0 Å². The van der Waals surface area contributed by atoms with Gasteiger partial charge in [0.05, 0.1) is 12.7 Å². The maximum absolute atomic E-state index is 11.0. The molecule has 0 aliphatic carbocycles. The molecule has 2 rings (SSSR count). The minimum atomic E-state index is -0.963. The van der Waals surface area contributed by atoms with Gasteiger partial charge in [0, 0.05) is 11.1 Å². The molecule has 4 heteroatoms. The van der Waals surface area contributed by atoms with E-state index in [0.717, 1.165) is 0 Å². The minimum Gasteiger partial charge on any atom is -0.497 e. The van der Waals surface area contributed by atoms with Crippen LogP contribution in [0.4, 0.5) is 5.69 Å². The number of benzene rings is 2. The molecule has 0 amide bonds. The standard InChI is InChI=1S/C12H11NO3/c1-16-7-2-3-8-9(12(14)15)4-5-11(13)10(8)6-7/h2-6H,13H2,1H3,(H,14,15). The normalized spacial score (nSPS) is 10.3. The van der Waals surface area contributed by atoms with Gasteiger partial charge in [-0.15, -0.1) is 0 Å². The van der Waals surface area contributed by atoms with Gasteiger partial charge in [-0.1, -0.05) is 0 Å². The highest BCUT2D eigenvalue weighted by Gasteiger charge is 2.10. The molecule has 82 valence electrons. The van der Waals surface area contributed by atoms with E-state index in [0.29, 0.717) is 22.2 Å². The molecule has 0 saturated heterocycles. The molecule has 0 unspecified atom stereocenters. The van der Waals surface area contributed by atoms with Gasteiger partial charge in [-0.25, -0.2) is 4.79 Å². The first-order chi connectivity index (χ1) is 7.63. The van der Waals surface area contributed by atoms with Gasteiger partial charge in [0.15, 0.2) is 0 Å². The number of rotatable bonds is 2. The second kappa shape index (κ2) is 3.73. The van der Waals surface area contributed by atoms with Crippen molar-refractivity contribution in [2.75, 3.05) is 12.8 Å². The van der Waals surface area contributed by atoms with Crippen LogP contribution < -0.4 is 10.5 Å². The summed E-state index contributed by atoms with van der Waals surface area (Å²) in [6, 6.07) is 8.25. The number of carboxylic acids is 1. The van der Waals surface area contributed by atoms with Crippen LogP contribution in [0.5, 0.6) is 5.75 Å². The van der Waals surface area contributed by atoms with Crippen LogP contribution in [-0.2, 0) is 0 Å². The number of carbonyl (C=O) groups is 1. The van der Waals surface area contributed by atoms with Gasteiger partial charge in [-0.3, -0.25) is 0 Å². The van der Waals surface area contributed by atoms with Crippen LogP contribution in [0.25, 0.3) is 10.8 Å². The smallest absolute Gasteiger partial charge is 0.336 e. The Morgan fingerprint density at radius 1 is 1.25 bits per heavy atom. The molecule has 0 fully saturated rings. The lowest BCUT2D eigenvalue weighted by molar-refractivity contribution is 0.0699. The molecule has 0 aliphatic heterocycles. The second-order valence-corrected chi connectivity index (χ2v) is 3.42. The highest BCUT2D eigenvalue weighted by Crippen LogP contribution is 2.28. The third-order valence-electron chi connectivity index (χ3n) is 2.49. The quantitative estimate of drug-likeness (QED) is 0.756. The molecule has 4 nitrogen and oxygen atoms in total. The number of aromatic carboxylic acids is 1. The molecule has 0 atom stereocenters. The fourth-order valence-corrected chi connectivity index (χ4v) is 1.66. The fourth-order valence-electron chi connectivity index (χ4n) is 1.66. The zero-order chi connectivity index (χ0) is 11.7. The highest BCUT2D eigenvalue weighted by atomic mass is 16.5. The lowest BCUT2D eigenvalue weighted by atomic mass is 10.0. The van der Waals surface area contributed by atoms with Gasteiger partial charge in [-0.2, -0.15) is 0 Å². The van der Waals surface area contributed by atoms with Gasteiger partial charge in [0.1, 0.15) is 5.75 Å². The van der Waals surface area contributed by atoms with E-state index in [1.807, 2.05) is 0 Å². The summed E-state index contributed by atoms with van der Waals surface area (Å²) in [5.41, 5.74) is 6.58. The lowest BCUT2D eigenvalue weighted by Gasteiger charge is -2.07. The number of ether oxygens (including phenoxy) is 1. The predicted octanol–water partition coefficient (Wildman–Crippen LogP) is 2.13. The molecule has 0 radical (unpaired) electrons. The molecular weight excluding hydrogens is 206 g/mol. The lowest BCUT2D eigenvalue weighted by Crippen LogP contribution is -1.99. The Morgan fingerprint density at radius 3 is 2.62 bits per heavy atom. The molecule has 0 aromatic heterocycles. The number of methoxy groups -OCH3 is 1. The van der Waals surface area contributed by atoms with Crippen molar-refractivity contribution in [2.45, 2.75) is 0 Å². The number of fused-ring (bicyclic) bond motifs is 1. The topological polar surface area (TPSA) is 72.5 Å². The van der Waals surface area contributed by atoms with Crippen LogP contribution in [0, 0.1) is 0 Å². The first-order valence-electron chi connectivity index (χ1n) is 4.73. The first kappa shape index (κ1) is 10.3. The molecule has 0 heterocycles. The van der Waals surface area contributed by atoms with E-state index >= 15 is 0 Å². The van der Waals surface area contributed by atoms with Gasteiger partial charge in [0.2, 0.25) is 0 Å². The molecule has 0 aliphatic rings. The third-order valence-corrected chi connectivity index (χ3v) is 2.49. The van der Waals surface area contributed by atoms with Crippen molar-refractivity contribution in [3.63, 3.8) is 0 Å². The SMILES string of the molecule is COc1ccc2c(C(=O)O)ccc(N)c2c1. The summed E-state index contributed by atoms with van der Waals surface area (Å²) in [4.78, 5) is 11.0. The van der Waals surface area contributed by atoms with Gasteiger partial charge < -0.3 is 15.6 Å². The number of nitrogens with two attached hydrogens (primary N) is 1. The minimum absolute atomic E-state index is 0.242. The Labute approximate surface area is 92.3 Å². The van der Waals surface area contributed by atoms with E-state index in [1.165, 1.54) is 6.07 Å². The summed E-state index contributed by atoms with van der Waals surface area (Å²) in [5, 5.41) is 10.3. The van der Waals surface area contributed by atoms with Crippen molar-refractivity contribution >= 4 is 22.4 Å². The Hall–Kier alpha value is -2.23. The van der Waals surface area contributed by atoms with Crippen molar-refractivity contribution in [3.8, 4) is 5.75 Å². The summed E-state index contributed by atoms with van der Waals surface area (Å²) in [7, 11) is 1.55. The zero-order valence-corrected chi connectivity index (χ0v) is 8.73. The predicted molar refractivity (Wildman–Crippen MR) is 61.9 cm³/mol. The van der Waals surface area contributed by atoms with Crippen molar-refractivity contribution in [3.05, 3.63) is 35.9 Å². The Bertz CT molecular complexity index is 563. The van der Waals surface area contributed by atoms with E-state index < -0.39 is 5.97 Å². The van der Waals surface area contributed by atoms with Gasteiger partial charge >= 0.3 is 5.97 Å². The van der Waals surface area contributed by atoms with Crippen LogP contribution in [0.1, 0.15) is 10.4 Å². The first-order valence-corrected chi connectivity index (χ1v) is 4.73. The summed E-state index contributed by atoms with van der Waals surface area (Å²) < 4.78 is 5.07. The monoisotopic (exact) mass is 217 g/mol. The molecule has 3 N–H and O–H groups in total. The average molecular weight is 217 g/mol. The molecule has 0 bridgehead atoms. The number of anilines is 1. The van der Waals surface area contributed by atoms with E-state index in [1.54, 1.807) is 31.4 Å². The summed E-state index contributed by atoms with van der Waals surface area (Å²) >= 11 is 0. The molecule has 0 spiro atoms. The molecule has 0 saturated carbocycles. The van der Waals surface area contributed by atoms with Crippen LogP contribution in [-0.4, -0.2) is 18.2 Å². The van der Waals surface area contributed by atoms with Crippen molar-refractivity contribution < 1.29 is 14.6 Å². The molecule has 2 aromatic rings. The average Bonchev–Trinajstić information content (AvgIpc) is 2.29. The van der Waals surface area contributed by atoms with E-state index in [9.17, 15) is 4.79 Å². The number of nitrogen functional groups attached to an aromatic ring is 1. The highest BCUT2D eigenvalue weighted by molar-refractivity contribution is 6.07. The Balaban J connectivity index is 2.80. The number of hydrogen-bond donors (Lipinski definition) is 2. The number of carboxylic acid groups (broad SMARTS) is 1. The van der Waals surface area contributed by atoms with E-state index in [2.05, 4.69) is 0 Å². The van der Waals surface area contributed by atoms with Crippen molar-refractivity contribution in [1.29, 1.82) is 0 Å². The fraction of sp³-hybridized carbons (Fsp3) is 0.0833. The zero-order valence-electron chi connectivity index (χ0n) is 8.73. The third kappa shape index (κ3) is 1.54. The van der Waals surface area contributed by atoms with Crippen LogP contribution in [0.2, 0.25) is 0 Å². The van der Waals surface area contributed by atoms with Gasteiger partial charge in [0.25, 0.3) is 0 Å². The van der Waals surface area contributed by atoms with Crippen LogP contribution >= 0.6 is 0 Å². The largest absolute Gasteiger partial charge is 0.497 e. The number of hydrogen-bond acceptors (Lipinski definition) is 3. The molecular formula is C12H11NO3. The molecule has 2 aromatic carbocycles. The summed E-state index contributed by atoms with van der Waals surface area (Å²) in [6.07, 6.45) is 0. The summed E-state index contributed by atoms with van der Waals surface area (Å²) in [6.45, 7) is 0. The van der Waals surface area contributed by atoms with Gasteiger partial charge in [-0.05, 0) is 35.7 Å².